The summed E-state index contributed by atoms with van der Waals surface area (Å²) in [5, 5.41) is 8.78. The van der Waals surface area contributed by atoms with Gasteiger partial charge >= 0.3 is 0 Å². The molecule has 15 heavy (non-hydrogen) atoms. The SMILES string of the molecule is C=CCN1CCC(N(C)CCCO)CC1. The lowest BCUT2D eigenvalue weighted by atomic mass is 10.0. The minimum absolute atomic E-state index is 0.305. The zero-order chi connectivity index (χ0) is 11.1. The van der Waals surface area contributed by atoms with Crippen LogP contribution in [-0.2, 0) is 0 Å². The third-order valence-corrected chi connectivity index (χ3v) is 3.24. The number of piperidine rings is 1. The summed E-state index contributed by atoms with van der Waals surface area (Å²) in [6.45, 7) is 8.47. The van der Waals surface area contributed by atoms with Gasteiger partial charge in [-0.1, -0.05) is 6.08 Å². The molecule has 1 saturated heterocycles. The van der Waals surface area contributed by atoms with Gasteiger partial charge in [-0.25, -0.2) is 0 Å². The van der Waals surface area contributed by atoms with Crippen molar-refractivity contribution in [3.63, 3.8) is 0 Å². The molecule has 88 valence electrons. The molecule has 3 heteroatoms. The van der Waals surface area contributed by atoms with Crippen LogP contribution in [0.5, 0.6) is 0 Å². The Bertz CT molecular complexity index is 176. The average molecular weight is 212 g/mol. The maximum absolute atomic E-state index is 8.78. The quantitative estimate of drug-likeness (QED) is 0.664. The van der Waals surface area contributed by atoms with Gasteiger partial charge in [0.25, 0.3) is 0 Å². The largest absolute Gasteiger partial charge is 0.396 e. The highest BCUT2D eigenvalue weighted by Gasteiger charge is 2.20. The van der Waals surface area contributed by atoms with Crippen molar-refractivity contribution in [2.75, 3.05) is 39.8 Å². The second-order valence-electron chi connectivity index (χ2n) is 4.38. The van der Waals surface area contributed by atoms with Gasteiger partial charge in [0.1, 0.15) is 0 Å². The van der Waals surface area contributed by atoms with Gasteiger partial charge in [-0.15, -0.1) is 6.58 Å². The van der Waals surface area contributed by atoms with Crippen LogP contribution in [0.3, 0.4) is 0 Å². The van der Waals surface area contributed by atoms with Crippen LogP contribution in [0.4, 0.5) is 0 Å². The van der Waals surface area contributed by atoms with E-state index in [0.29, 0.717) is 12.6 Å². The molecule has 0 aromatic rings. The van der Waals surface area contributed by atoms with Crippen molar-refractivity contribution in [3.05, 3.63) is 12.7 Å². The van der Waals surface area contributed by atoms with Crippen LogP contribution in [0.25, 0.3) is 0 Å². The summed E-state index contributed by atoms with van der Waals surface area (Å²) in [6.07, 6.45) is 5.37. The predicted octanol–water partition coefficient (Wildman–Crippen LogP) is 0.951. The van der Waals surface area contributed by atoms with Crippen molar-refractivity contribution in [1.82, 2.24) is 9.80 Å². The molecule has 0 radical (unpaired) electrons. The average Bonchev–Trinajstić information content (AvgIpc) is 2.27. The Morgan fingerprint density at radius 2 is 2.13 bits per heavy atom. The van der Waals surface area contributed by atoms with Gasteiger partial charge in [-0.05, 0) is 39.4 Å². The topological polar surface area (TPSA) is 26.7 Å². The van der Waals surface area contributed by atoms with Crippen LogP contribution in [0.1, 0.15) is 19.3 Å². The smallest absolute Gasteiger partial charge is 0.0443 e. The third-order valence-electron chi connectivity index (χ3n) is 3.24. The van der Waals surface area contributed by atoms with E-state index in [1.54, 1.807) is 0 Å². The minimum atomic E-state index is 0.305. The number of likely N-dealkylation sites (tertiary alicyclic amines) is 1. The van der Waals surface area contributed by atoms with E-state index in [2.05, 4.69) is 23.4 Å². The lowest BCUT2D eigenvalue weighted by Crippen LogP contribution is -2.43. The molecular formula is C12H24N2O. The monoisotopic (exact) mass is 212 g/mol. The Labute approximate surface area is 93.4 Å². The van der Waals surface area contributed by atoms with Gasteiger partial charge in [-0.3, -0.25) is 4.90 Å². The van der Waals surface area contributed by atoms with E-state index in [0.717, 1.165) is 19.5 Å². The van der Waals surface area contributed by atoms with Crippen molar-refractivity contribution in [1.29, 1.82) is 0 Å². The highest BCUT2D eigenvalue weighted by Crippen LogP contribution is 2.15. The molecule has 0 spiro atoms. The number of hydrogen-bond donors (Lipinski definition) is 1. The number of nitrogens with zero attached hydrogens (tertiary/aromatic N) is 2. The summed E-state index contributed by atoms with van der Waals surface area (Å²) < 4.78 is 0. The summed E-state index contributed by atoms with van der Waals surface area (Å²) in [7, 11) is 2.17. The first-order valence-corrected chi connectivity index (χ1v) is 5.92. The third kappa shape index (κ3) is 4.33. The predicted molar refractivity (Wildman–Crippen MR) is 64.0 cm³/mol. The van der Waals surface area contributed by atoms with Crippen molar-refractivity contribution >= 4 is 0 Å². The molecular weight excluding hydrogens is 188 g/mol. The first kappa shape index (κ1) is 12.7. The summed E-state index contributed by atoms with van der Waals surface area (Å²) in [4.78, 5) is 4.84. The van der Waals surface area contributed by atoms with Gasteiger partial charge in [0.2, 0.25) is 0 Å². The Balaban J connectivity index is 2.20. The molecule has 1 rings (SSSR count). The Morgan fingerprint density at radius 3 is 2.67 bits per heavy atom. The molecule has 1 aliphatic rings. The second kappa shape index (κ2) is 6.99. The van der Waals surface area contributed by atoms with Crippen LogP contribution < -0.4 is 0 Å². The second-order valence-corrected chi connectivity index (χ2v) is 4.38. The van der Waals surface area contributed by atoms with Crippen LogP contribution in [0.2, 0.25) is 0 Å². The normalized spacial score (nSPS) is 19.7. The van der Waals surface area contributed by atoms with E-state index in [1.165, 1.54) is 25.9 Å². The fourth-order valence-electron chi connectivity index (χ4n) is 2.23. The molecule has 0 bridgehead atoms. The zero-order valence-electron chi connectivity index (χ0n) is 9.86. The van der Waals surface area contributed by atoms with Crippen LogP contribution in [0, 0.1) is 0 Å². The molecule has 0 amide bonds. The number of aliphatic hydroxyl groups excluding tert-OH is 1. The molecule has 0 aromatic heterocycles. The van der Waals surface area contributed by atoms with E-state index in [4.69, 9.17) is 5.11 Å². The van der Waals surface area contributed by atoms with Crippen molar-refractivity contribution in [2.45, 2.75) is 25.3 Å². The van der Waals surface area contributed by atoms with E-state index in [1.807, 2.05) is 6.08 Å². The minimum Gasteiger partial charge on any atom is -0.396 e. The molecule has 3 nitrogen and oxygen atoms in total. The van der Waals surface area contributed by atoms with Gasteiger partial charge in [0, 0.05) is 25.7 Å². The van der Waals surface area contributed by atoms with Crippen molar-refractivity contribution < 1.29 is 5.11 Å². The lowest BCUT2D eigenvalue weighted by Gasteiger charge is -2.36. The number of rotatable bonds is 6. The van der Waals surface area contributed by atoms with Gasteiger partial charge in [0.15, 0.2) is 0 Å². The fourth-order valence-corrected chi connectivity index (χ4v) is 2.23. The zero-order valence-corrected chi connectivity index (χ0v) is 9.86. The number of aliphatic hydroxyl groups is 1. The Morgan fingerprint density at radius 1 is 1.47 bits per heavy atom. The number of hydrogen-bond acceptors (Lipinski definition) is 3. The molecule has 0 saturated carbocycles. The maximum Gasteiger partial charge on any atom is 0.0443 e. The first-order valence-electron chi connectivity index (χ1n) is 5.92. The van der Waals surface area contributed by atoms with E-state index >= 15 is 0 Å². The Kier molecular flexibility index (Phi) is 5.91. The van der Waals surface area contributed by atoms with E-state index in [9.17, 15) is 0 Å². The lowest BCUT2D eigenvalue weighted by molar-refractivity contribution is 0.128. The summed E-state index contributed by atoms with van der Waals surface area (Å²) in [6, 6.07) is 0.706. The fraction of sp³-hybridized carbons (Fsp3) is 0.833. The standard InChI is InChI=1S/C12H24N2O/c1-3-7-14-9-5-12(6-10-14)13(2)8-4-11-15/h3,12,15H,1,4-11H2,2H3. The van der Waals surface area contributed by atoms with Gasteiger partial charge in [-0.2, -0.15) is 0 Å². The molecule has 0 atom stereocenters. The van der Waals surface area contributed by atoms with E-state index < -0.39 is 0 Å². The molecule has 1 N–H and O–H groups in total. The van der Waals surface area contributed by atoms with Crippen LogP contribution in [0.15, 0.2) is 12.7 Å². The Hall–Kier alpha value is -0.380. The van der Waals surface area contributed by atoms with Crippen molar-refractivity contribution in [3.8, 4) is 0 Å². The molecule has 1 aliphatic heterocycles. The van der Waals surface area contributed by atoms with Crippen LogP contribution in [-0.4, -0.2) is 60.8 Å². The highest BCUT2D eigenvalue weighted by molar-refractivity contribution is 4.82. The molecule has 0 aromatic carbocycles. The summed E-state index contributed by atoms with van der Waals surface area (Å²) in [5.41, 5.74) is 0. The molecule has 1 heterocycles. The summed E-state index contributed by atoms with van der Waals surface area (Å²) >= 11 is 0. The van der Waals surface area contributed by atoms with Crippen molar-refractivity contribution in [2.24, 2.45) is 0 Å². The van der Waals surface area contributed by atoms with Gasteiger partial charge < -0.3 is 10.0 Å². The molecule has 0 aliphatic carbocycles. The first-order chi connectivity index (χ1) is 7.27. The highest BCUT2D eigenvalue weighted by atomic mass is 16.3. The van der Waals surface area contributed by atoms with E-state index in [-0.39, 0.29) is 0 Å². The molecule has 1 fully saturated rings. The summed E-state index contributed by atoms with van der Waals surface area (Å²) in [5.74, 6) is 0. The van der Waals surface area contributed by atoms with Crippen LogP contribution >= 0.6 is 0 Å². The maximum atomic E-state index is 8.78. The van der Waals surface area contributed by atoms with Gasteiger partial charge in [0.05, 0.1) is 0 Å². The molecule has 0 unspecified atom stereocenters.